The summed E-state index contributed by atoms with van der Waals surface area (Å²) in [6.07, 6.45) is 5.61. The van der Waals surface area contributed by atoms with Crippen LogP contribution in [0, 0.1) is 6.92 Å². The van der Waals surface area contributed by atoms with Gasteiger partial charge in [-0.3, -0.25) is 4.79 Å². The van der Waals surface area contributed by atoms with Gasteiger partial charge in [0.25, 0.3) is 11.6 Å². The Morgan fingerprint density at radius 1 is 1.11 bits per heavy atom. The van der Waals surface area contributed by atoms with Crippen LogP contribution in [0.5, 0.6) is 0 Å². The molecule has 0 N–H and O–H groups in total. The number of hydrogen-bond acceptors (Lipinski definition) is 4. The van der Waals surface area contributed by atoms with Gasteiger partial charge in [-0.1, -0.05) is 35.0 Å². The van der Waals surface area contributed by atoms with E-state index in [0.29, 0.717) is 22.9 Å². The number of rotatable bonds is 3. The van der Waals surface area contributed by atoms with Gasteiger partial charge in [0.2, 0.25) is 0 Å². The lowest BCUT2D eigenvalue weighted by Crippen LogP contribution is -2.35. The lowest BCUT2D eigenvalue weighted by Gasteiger charge is -2.27. The van der Waals surface area contributed by atoms with Crippen molar-refractivity contribution in [1.82, 2.24) is 15.0 Å². The Morgan fingerprint density at radius 3 is 2.56 bits per heavy atom. The number of benzene rings is 1. The molecule has 1 saturated carbocycles. The zero-order valence-corrected chi connectivity index (χ0v) is 15.6. The monoisotopic (exact) mass is 361 g/mol. The Morgan fingerprint density at radius 2 is 1.85 bits per heavy atom. The third kappa shape index (κ3) is 3.01. The van der Waals surface area contributed by atoms with Gasteiger partial charge < -0.3 is 9.42 Å². The van der Waals surface area contributed by atoms with Crippen molar-refractivity contribution in [2.24, 2.45) is 0 Å². The zero-order valence-electron chi connectivity index (χ0n) is 15.6. The number of pyridine rings is 1. The molecule has 1 aliphatic heterocycles. The van der Waals surface area contributed by atoms with Gasteiger partial charge in [-0.2, -0.15) is 0 Å². The molecule has 3 heterocycles. The fourth-order valence-corrected chi connectivity index (χ4v) is 3.90. The Labute approximate surface area is 158 Å². The first-order chi connectivity index (χ1) is 13.2. The summed E-state index contributed by atoms with van der Waals surface area (Å²) in [5, 5.41) is 5.04. The number of fused-ring (bicyclic) bond motifs is 1. The second kappa shape index (κ2) is 6.48. The van der Waals surface area contributed by atoms with Crippen molar-refractivity contribution in [2.45, 2.75) is 44.9 Å². The van der Waals surface area contributed by atoms with Crippen molar-refractivity contribution < 1.29 is 9.32 Å². The van der Waals surface area contributed by atoms with Gasteiger partial charge in [0.15, 0.2) is 0 Å². The van der Waals surface area contributed by atoms with E-state index < -0.39 is 0 Å². The zero-order chi connectivity index (χ0) is 18.4. The van der Waals surface area contributed by atoms with Crippen molar-refractivity contribution in [3.05, 3.63) is 47.2 Å². The highest BCUT2D eigenvalue weighted by atomic mass is 16.5. The fraction of sp³-hybridized carbons (Fsp3) is 0.409. The Bertz CT molecular complexity index is 996. The van der Waals surface area contributed by atoms with E-state index in [0.717, 1.165) is 55.4 Å². The SMILES string of the molecule is Cc1ccc(-c2noc3nc(C4CC4)cc(C(=O)N4CCCCC4)c23)cc1. The normalized spacial score (nSPS) is 17.4. The smallest absolute Gasteiger partial charge is 0.259 e. The summed E-state index contributed by atoms with van der Waals surface area (Å²) < 4.78 is 5.60. The van der Waals surface area contributed by atoms with Crippen molar-refractivity contribution in [3.63, 3.8) is 0 Å². The molecule has 0 atom stereocenters. The van der Waals surface area contributed by atoms with Crippen LogP contribution in [0.2, 0.25) is 0 Å². The highest BCUT2D eigenvalue weighted by Gasteiger charge is 2.31. The van der Waals surface area contributed by atoms with Gasteiger partial charge in [-0.05, 0) is 45.1 Å². The molecule has 0 unspecified atom stereocenters. The van der Waals surface area contributed by atoms with Gasteiger partial charge in [-0.25, -0.2) is 4.98 Å². The summed E-state index contributed by atoms with van der Waals surface area (Å²) in [5.74, 6) is 0.538. The second-order valence-corrected chi connectivity index (χ2v) is 7.80. The number of piperidine rings is 1. The summed E-state index contributed by atoms with van der Waals surface area (Å²) in [6, 6.07) is 10.1. The van der Waals surface area contributed by atoms with Crippen LogP contribution in [0.15, 0.2) is 34.9 Å². The van der Waals surface area contributed by atoms with Crippen LogP contribution in [0.1, 0.15) is 59.6 Å². The van der Waals surface area contributed by atoms with Crippen LogP contribution in [0.4, 0.5) is 0 Å². The van der Waals surface area contributed by atoms with Gasteiger partial charge in [0, 0.05) is 30.3 Å². The maximum absolute atomic E-state index is 13.4. The minimum absolute atomic E-state index is 0.0839. The largest absolute Gasteiger partial charge is 0.339 e. The third-order valence-electron chi connectivity index (χ3n) is 5.66. The number of hydrogen-bond donors (Lipinski definition) is 0. The fourth-order valence-electron chi connectivity index (χ4n) is 3.90. The number of aromatic nitrogens is 2. The van der Waals surface area contributed by atoms with Crippen LogP contribution in [-0.2, 0) is 0 Å². The molecular formula is C22H23N3O2. The Balaban J connectivity index is 1.67. The molecule has 5 heteroatoms. The summed E-state index contributed by atoms with van der Waals surface area (Å²) >= 11 is 0. The van der Waals surface area contributed by atoms with Gasteiger partial charge in [-0.15, -0.1) is 0 Å². The molecule has 5 rings (SSSR count). The van der Waals surface area contributed by atoms with E-state index in [9.17, 15) is 4.79 Å². The molecule has 3 aromatic rings. The lowest BCUT2D eigenvalue weighted by atomic mass is 10.0. The highest BCUT2D eigenvalue weighted by Crippen LogP contribution is 2.41. The van der Waals surface area contributed by atoms with Crippen LogP contribution in [0.3, 0.4) is 0 Å². The molecule has 2 fully saturated rings. The van der Waals surface area contributed by atoms with E-state index in [2.05, 4.69) is 17.1 Å². The standard InChI is InChI=1S/C22H23N3O2/c1-14-5-7-16(8-6-14)20-19-17(22(26)25-11-3-2-4-12-25)13-18(15-9-10-15)23-21(19)27-24-20/h5-8,13,15H,2-4,9-12H2,1H3. The highest BCUT2D eigenvalue weighted by molar-refractivity contribution is 6.09. The molecule has 1 aliphatic carbocycles. The number of nitrogens with zero attached hydrogens (tertiary/aromatic N) is 3. The number of carbonyl (C=O) groups excluding carboxylic acids is 1. The molecule has 5 nitrogen and oxygen atoms in total. The molecule has 0 radical (unpaired) electrons. The lowest BCUT2D eigenvalue weighted by molar-refractivity contribution is 0.0726. The predicted molar refractivity (Wildman–Crippen MR) is 104 cm³/mol. The van der Waals surface area contributed by atoms with Crippen LogP contribution in [-0.4, -0.2) is 34.0 Å². The number of carbonyl (C=O) groups is 1. The van der Waals surface area contributed by atoms with Crippen LogP contribution >= 0.6 is 0 Å². The minimum Gasteiger partial charge on any atom is -0.339 e. The summed E-state index contributed by atoms with van der Waals surface area (Å²) in [6.45, 7) is 3.71. The Hall–Kier alpha value is -2.69. The topological polar surface area (TPSA) is 59.2 Å². The van der Waals surface area contributed by atoms with Gasteiger partial charge >= 0.3 is 0 Å². The van der Waals surface area contributed by atoms with E-state index in [4.69, 9.17) is 4.52 Å². The summed E-state index contributed by atoms with van der Waals surface area (Å²) in [7, 11) is 0. The first-order valence-corrected chi connectivity index (χ1v) is 9.87. The Kier molecular flexibility index (Phi) is 3.96. The molecule has 1 aromatic carbocycles. The van der Waals surface area contributed by atoms with Gasteiger partial charge in [0.1, 0.15) is 5.69 Å². The molecule has 27 heavy (non-hydrogen) atoms. The number of aryl methyl sites for hydroxylation is 1. The van der Waals surface area contributed by atoms with Crippen molar-refractivity contribution in [3.8, 4) is 11.3 Å². The molecule has 2 aliphatic rings. The third-order valence-corrected chi connectivity index (χ3v) is 5.66. The van der Waals surface area contributed by atoms with E-state index in [1.54, 1.807) is 0 Å². The quantitative estimate of drug-likeness (QED) is 0.678. The maximum Gasteiger partial charge on any atom is 0.259 e. The maximum atomic E-state index is 13.4. The van der Waals surface area contributed by atoms with E-state index >= 15 is 0 Å². The number of likely N-dealkylation sites (tertiary alicyclic amines) is 1. The molecule has 0 bridgehead atoms. The first-order valence-electron chi connectivity index (χ1n) is 9.87. The molecule has 138 valence electrons. The average Bonchev–Trinajstić information content (AvgIpc) is 3.48. The van der Waals surface area contributed by atoms with Crippen molar-refractivity contribution in [1.29, 1.82) is 0 Å². The second-order valence-electron chi connectivity index (χ2n) is 7.80. The molecule has 0 spiro atoms. The number of amides is 1. The van der Waals surface area contributed by atoms with E-state index in [1.165, 1.54) is 12.0 Å². The van der Waals surface area contributed by atoms with Crippen LogP contribution < -0.4 is 0 Å². The average molecular weight is 361 g/mol. The molecular weight excluding hydrogens is 338 g/mol. The van der Waals surface area contributed by atoms with E-state index in [-0.39, 0.29) is 5.91 Å². The van der Waals surface area contributed by atoms with Crippen molar-refractivity contribution in [2.75, 3.05) is 13.1 Å². The summed E-state index contributed by atoms with van der Waals surface area (Å²) in [4.78, 5) is 20.0. The minimum atomic E-state index is 0.0839. The molecule has 1 amide bonds. The first kappa shape index (κ1) is 16.5. The van der Waals surface area contributed by atoms with E-state index in [1.807, 2.05) is 35.2 Å². The van der Waals surface area contributed by atoms with Crippen molar-refractivity contribution >= 4 is 17.0 Å². The van der Waals surface area contributed by atoms with Gasteiger partial charge in [0.05, 0.1) is 10.9 Å². The predicted octanol–water partition coefficient (Wildman–Crippen LogP) is 4.70. The molecule has 2 aromatic heterocycles. The summed E-state index contributed by atoms with van der Waals surface area (Å²) in [5.41, 5.74) is 4.99. The van der Waals surface area contributed by atoms with Crippen LogP contribution in [0.25, 0.3) is 22.4 Å². The molecule has 1 saturated heterocycles.